The lowest BCUT2D eigenvalue weighted by Crippen LogP contribution is -2.37. The second-order valence-corrected chi connectivity index (χ2v) is 6.02. The first-order chi connectivity index (χ1) is 10.1. The van der Waals surface area contributed by atoms with Gasteiger partial charge in [0.1, 0.15) is 0 Å². The molecule has 1 fully saturated rings. The minimum absolute atomic E-state index is 0.100. The summed E-state index contributed by atoms with van der Waals surface area (Å²) in [6, 6.07) is 4.07. The van der Waals surface area contributed by atoms with Gasteiger partial charge in [-0.2, -0.15) is 0 Å². The molecule has 0 spiro atoms. The van der Waals surface area contributed by atoms with Gasteiger partial charge in [0, 0.05) is 12.5 Å². The molecule has 1 N–H and O–H groups in total. The Balaban J connectivity index is 1.72. The van der Waals surface area contributed by atoms with E-state index in [2.05, 4.69) is 16.4 Å². The van der Waals surface area contributed by atoms with Gasteiger partial charge in [-0.1, -0.05) is 18.2 Å². The average Bonchev–Trinajstić information content (AvgIpc) is 3.29. The molecule has 21 heavy (non-hydrogen) atoms. The molecule has 1 unspecified atom stereocenters. The molecule has 3 rings (SSSR count). The first kappa shape index (κ1) is 14.0. The molecule has 1 atom stereocenters. The number of nitrogens with one attached hydrogen (secondary N) is 1. The lowest BCUT2D eigenvalue weighted by Gasteiger charge is -2.14. The van der Waals surface area contributed by atoms with E-state index in [1.165, 1.54) is 0 Å². The highest BCUT2D eigenvalue weighted by Gasteiger charge is 2.29. The quantitative estimate of drug-likeness (QED) is 0.888. The molecule has 2 aliphatic rings. The van der Waals surface area contributed by atoms with E-state index < -0.39 is 0 Å². The van der Waals surface area contributed by atoms with Crippen LogP contribution in [0.5, 0.6) is 0 Å². The number of hydrogen-bond donors (Lipinski definition) is 1. The number of benzene rings is 1. The fourth-order valence-electron chi connectivity index (χ4n) is 2.63. The van der Waals surface area contributed by atoms with Crippen molar-refractivity contribution in [3.05, 3.63) is 33.8 Å². The number of carbonyl (C=O) groups excluding carboxylic acids is 2. The number of amides is 2. The van der Waals surface area contributed by atoms with Gasteiger partial charge >= 0.3 is 0 Å². The monoisotopic (exact) mass is 284 g/mol. The van der Waals surface area contributed by atoms with Crippen LogP contribution in [0.4, 0.5) is 0 Å². The van der Waals surface area contributed by atoms with Crippen molar-refractivity contribution in [3.8, 4) is 0 Å². The number of rotatable bonds is 4. The molecule has 1 aliphatic carbocycles. The van der Waals surface area contributed by atoms with Gasteiger partial charge in [-0.15, -0.1) is 0 Å². The fraction of sp³-hybridized carbons (Fsp3) is 0.471. The van der Waals surface area contributed by atoms with Crippen molar-refractivity contribution in [2.75, 3.05) is 6.54 Å². The summed E-state index contributed by atoms with van der Waals surface area (Å²) in [6.45, 7) is 4.56. The molecule has 1 heterocycles. The van der Waals surface area contributed by atoms with Crippen LogP contribution in [0.15, 0.2) is 17.1 Å². The molecule has 0 radical (unpaired) electrons. The molecule has 1 aromatic carbocycles. The topological polar surface area (TPSA) is 58.5 Å². The van der Waals surface area contributed by atoms with Crippen LogP contribution in [0.2, 0.25) is 0 Å². The summed E-state index contributed by atoms with van der Waals surface area (Å²) in [4.78, 5) is 28.0. The van der Waals surface area contributed by atoms with Gasteiger partial charge in [0.05, 0.1) is 11.3 Å². The van der Waals surface area contributed by atoms with E-state index in [-0.39, 0.29) is 23.7 Å². The highest BCUT2D eigenvalue weighted by molar-refractivity contribution is 5.86. The first-order valence-electron chi connectivity index (χ1n) is 7.54. The highest BCUT2D eigenvalue weighted by atomic mass is 16.2. The molecule has 1 aliphatic heterocycles. The van der Waals surface area contributed by atoms with E-state index in [0.717, 1.165) is 34.5 Å². The van der Waals surface area contributed by atoms with Crippen LogP contribution in [-0.4, -0.2) is 18.4 Å². The van der Waals surface area contributed by atoms with Crippen molar-refractivity contribution in [2.45, 2.75) is 33.1 Å². The van der Waals surface area contributed by atoms with Crippen molar-refractivity contribution in [1.29, 1.82) is 0 Å². The summed E-state index contributed by atoms with van der Waals surface area (Å²) < 4.78 is 0. The largest absolute Gasteiger partial charge is 0.356 e. The normalized spacial score (nSPS) is 20.3. The third-order valence-corrected chi connectivity index (χ3v) is 4.36. The van der Waals surface area contributed by atoms with Crippen LogP contribution < -0.4 is 15.9 Å². The number of aryl methyl sites for hydroxylation is 1. The van der Waals surface area contributed by atoms with E-state index in [4.69, 9.17) is 0 Å². The number of nitrogens with zero attached hydrogens (tertiary/aromatic N) is 1. The van der Waals surface area contributed by atoms with Crippen molar-refractivity contribution in [2.24, 2.45) is 16.8 Å². The Kier molecular flexibility index (Phi) is 3.62. The third kappa shape index (κ3) is 2.89. The van der Waals surface area contributed by atoms with Gasteiger partial charge in [-0.25, -0.2) is 4.99 Å². The predicted octanol–water partition coefficient (Wildman–Crippen LogP) is 0.776. The summed E-state index contributed by atoms with van der Waals surface area (Å²) in [5.74, 6) is 0.0186. The second kappa shape index (κ2) is 5.43. The van der Waals surface area contributed by atoms with Gasteiger partial charge in [0.2, 0.25) is 5.91 Å². The molecule has 1 saturated carbocycles. The number of fused-ring (bicyclic) bond motifs is 1. The summed E-state index contributed by atoms with van der Waals surface area (Å²) in [7, 11) is 0. The summed E-state index contributed by atoms with van der Waals surface area (Å²) in [6.07, 6.45) is 4.61. The van der Waals surface area contributed by atoms with Gasteiger partial charge in [-0.05, 0) is 49.5 Å². The minimum Gasteiger partial charge on any atom is -0.356 e. The Hall–Kier alpha value is -1.97. The van der Waals surface area contributed by atoms with E-state index >= 15 is 0 Å². The Morgan fingerprint density at radius 2 is 2.10 bits per heavy atom. The van der Waals surface area contributed by atoms with E-state index in [9.17, 15) is 9.59 Å². The zero-order valence-electron chi connectivity index (χ0n) is 12.5. The second-order valence-electron chi connectivity index (χ2n) is 6.02. The maximum absolute atomic E-state index is 12.1. The minimum atomic E-state index is -0.223. The first-order valence-corrected chi connectivity index (χ1v) is 7.54. The molecule has 0 aromatic heterocycles. The molecule has 0 bridgehead atoms. The van der Waals surface area contributed by atoms with Gasteiger partial charge < -0.3 is 5.32 Å². The Morgan fingerprint density at radius 1 is 1.33 bits per heavy atom. The molecule has 4 nitrogen and oxygen atoms in total. The van der Waals surface area contributed by atoms with Crippen LogP contribution in [0.3, 0.4) is 0 Å². The fourth-order valence-corrected chi connectivity index (χ4v) is 2.63. The predicted molar refractivity (Wildman–Crippen MR) is 80.0 cm³/mol. The maximum Gasteiger partial charge on any atom is 0.253 e. The van der Waals surface area contributed by atoms with E-state index in [0.29, 0.717) is 13.0 Å². The zero-order valence-corrected chi connectivity index (χ0v) is 12.5. The van der Waals surface area contributed by atoms with Crippen LogP contribution >= 0.6 is 0 Å². The molecule has 1 aromatic rings. The summed E-state index contributed by atoms with van der Waals surface area (Å²) >= 11 is 0. The molecular formula is C17H20N2O2. The van der Waals surface area contributed by atoms with Crippen LogP contribution in [0.1, 0.15) is 30.4 Å². The third-order valence-electron chi connectivity index (χ3n) is 4.36. The van der Waals surface area contributed by atoms with E-state index in [1.54, 1.807) is 0 Å². The van der Waals surface area contributed by atoms with Crippen molar-refractivity contribution < 1.29 is 9.59 Å². The number of hydrogen-bond acceptors (Lipinski definition) is 2. The highest BCUT2D eigenvalue weighted by Crippen LogP contribution is 2.28. The van der Waals surface area contributed by atoms with Crippen LogP contribution in [0, 0.1) is 25.7 Å². The molecule has 2 amide bonds. The lowest BCUT2D eigenvalue weighted by molar-refractivity contribution is -0.123. The Labute approximate surface area is 124 Å². The lowest BCUT2D eigenvalue weighted by atomic mass is 9.98. The number of carbonyl (C=O) groups is 2. The Morgan fingerprint density at radius 3 is 2.81 bits per heavy atom. The van der Waals surface area contributed by atoms with Gasteiger partial charge in [0.15, 0.2) is 0 Å². The summed E-state index contributed by atoms with van der Waals surface area (Å²) in [5, 5.41) is 4.73. The van der Waals surface area contributed by atoms with Crippen molar-refractivity contribution in [3.63, 3.8) is 0 Å². The zero-order chi connectivity index (χ0) is 15.0. The van der Waals surface area contributed by atoms with Gasteiger partial charge in [-0.3, -0.25) is 9.59 Å². The summed E-state index contributed by atoms with van der Waals surface area (Å²) in [5.41, 5.74) is 2.21. The molecular weight excluding hydrogens is 264 g/mol. The van der Waals surface area contributed by atoms with Crippen molar-refractivity contribution >= 4 is 17.9 Å². The Bertz CT molecular complexity index is 717. The van der Waals surface area contributed by atoms with E-state index in [1.807, 2.05) is 26.0 Å². The average molecular weight is 284 g/mol. The maximum atomic E-state index is 12.1. The SMILES string of the molecule is Cc1ccc2c(c1C)=NC(=O)C(CCNC(=O)C1CC1)C=2. The smallest absolute Gasteiger partial charge is 0.253 e. The van der Waals surface area contributed by atoms with Crippen molar-refractivity contribution in [1.82, 2.24) is 5.32 Å². The standard InChI is InChI=1S/C17H20N2O2/c1-10-3-4-13-9-14(17(21)19-15(13)11(10)2)7-8-18-16(20)12-5-6-12/h3-4,9,12,14H,5-8H2,1-2H3,(H,18,20). The molecule has 110 valence electrons. The van der Waals surface area contributed by atoms with Crippen LogP contribution in [-0.2, 0) is 9.59 Å². The molecule has 4 heteroatoms. The molecule has 0 saturated heterocycles. The van der Waals surface area contributed by atoms with Crippen LogP contribution in [0.25, 0.3) is 6.08 Å². The van der Waals surface area contributed by atoms with Gasteiger partial charge in [0.25, 0.3) is 5.91 Å².